The van der Waals surface area contributed by atoms with Crippen molar-refractivity contribution in [3.63, 3.8) is 0 Å². The minimum atomic E-state index is -0.0156. The number of piperidine rings is 1. The van der Waals surface area contributed by atoms with Gasteiger partial charge in [0.25, 0.3) is 0 Å². The second-order valence-electron chi connectivity index (χ2n) is 5.65. The van der Waals surface area contributed by atoms with E-state index < -0.39 is 0 Å². The lowest BCUT2D eigenvalue weighted by atomic mass is 9.95. The Bertz CT molecular complexity index is 626. The Hall–Kier alpha value is -1.57. The summed E-state index contributed by atoms with van der Waals surface area (Å²) in [7, 11) is 0. The molecule has 1 saturated heterocycles. The van der Waals surface area contributed by atoms with Gasteiger partial charge < -0.3 is 11.1 Å². The van der Waals surface area contributed by atoms with Gasteiger partial charge in [0.1, 0.15) is 11.4 Å². The van der Waals surface area contributed by atoms with Crippen molar-refractivity contribution in [1.82, 2.24) is 4.90 Å². The van der Waals surface area contributed by atoms with Crippen LogP contribution in [0.5, 0.6) is 0 Å². The molecule has 3 N–H and O–H groups in total. The number of nitrogens with one attached hydrogen (secondary N) is 1. The van der Waals surface area contributed by atoms with Crippen LogP contribution in [0.25, 0.3) is 0 Å². The van der Waals surface area contributed by atoms with E-state index in [0.29, 0.717) is 12.5 Å². The van der Waals surface area contributed by atoms with E-state index in [4.69, 9.17) is 5.73 Å². The lowest BCUT2D eigenvalue weighted by molar-refractivity contribution is -0.117. The van der Waals surface area contributed by atoms with Gasteiger partial charge in [0.05, 0.1) is 23.6 Å². The third-order valence-corrected chi connectivity index (χ3v) is 4.53. The quantitative estimate of drug-likeness (QED) is 0.910. The maximum atomic E-state index is 12.2. The van der Waals surface area contributed by atoms with E-state index in [1.807, 2.05) is 18.2 Å². The highest BCUT2D eigenvalue weighted by Crippen LogP contribution is 2.38. The van der Waals surface area contributed by atoms with Gasteiger partial charge in [-0.1, -0.05) is 13.0 Å². The monoisotopic (exact) mass is 305 g/mol. The fourth-order valence-electron chi connectivity index (χ4n) is 2.69. The highest BCUT2D eigenvalue weighted by atomic mass is 32.1. The summed E-state index contributed by atoms with van der Waals surface area (Å²) < 4.78 is 8.40. The molecule has 2 heterocycles. The maximum absolute atomic E-state index is 12.2. The number of hydrogen-bond acceptors (Lipinski definition) is 5. The van der Waals surface area contributed by atoms with Gasteiger partial charge in [-0.15, -0.1) is 0 Å². The van der Waals surface area contributed by atoms with E-state index in [9.17, 15) is 4.79 Å². The highest BCUT2D eigenvalue weighted by molar-refractivity contribution is 7.58. The molecular formula is C14H19N5OS. The van der Waals surface area contributed by atoms with Gasteiger partial charge >= 0.3 is 0 Å². The molecule has 0 bridgehead atoms. The smallest absolute Gasteiger partial charge is 0.238 e. The van der Waals surface area contributed by atoms with Crippen LogP contribution in [0.3, 0.4) is 0 Å². The first-order valence-corrected chi connectivity index (χ1v) is 7.85. The first-order valence-electron chi connectivity index (χ1n) is 7.12. The molecule has 0 aliphatic carbocycles. The van der Waals surface area contributed by atoms with Crippen LogP contribution in [0, 0.1) is 5.92 Å². The molecule has 6 nitrogen and oxygen atoms in total. The number of benzene rings is 1. The van der Waals surface area contributed by atoms with E-state index >= 15 is 0 Å². The second kappa shape index (κ2) is 6.05. The van der Waals surface area contributed by atoms with E-state index in [-0.39, 0.29) is 11.9 Å². The summed E-state index contributed by atoms with van der Waals surface area (Å²) in [6.07, 6.45) is 0.944. The Balaban J connectivity index is 1.60. The Morgan fingerprint density at radius 1 is 1.52 bits per heavy atom. The molecule has 3 rings (SSSR count). The first kappa shape index (κ1) is 14.4. The average molecular weight is 305 g/mol. The molecule has 112 valence electrons. The number of carbonyl (C=O) groups excluding carboxylic acids is 1. The van der Waals surface area contributed by atoms with Gasteiger partial charge in [-0.25, -0.2) is 0 Å². The summed E-state index contributed by atoms with van der Waals surface area (Å²) in [6, 6.07) is 5.87. The van der Waals surface area contributed by atoms with Crippen LogP contribution < -0.4 is 11.1 Å². The molecule has 0 aromatic heterocycles. The van der Waals surface area contributed by atoms with Crippen molar-refractivity contribution < 1.29 is 4.79 Å². The Kier molecular flexibility index (Phi) is 4.14. The van der Waals surface area contributed by atoms with E-state index in [0.717, 1.165) is 47.9 Å². The maximum Gasteiger partial charge on any atom is 0.238 e. The lowest BCUT2D eigenvalue weighted by Crippen LogP contribution is -2.48. The van der Waals surface area contributed by atoms with Crippen molar-refractivity contribution in [1.29, 1.82) is 0 Å². The summed E-state index contributed by atoms with van der Waals surface area (Å²) in [5, 5.41) is 2.94. The lowest BCUT2D eigenvalue weighted by Gasteiger charge is -2.34. The normalized spacial score (nSPS) is 24.5. The van der Waals surface area contributed by atoms with E-state index in [1.54, 1.807) is 0 Å². The average Bonchev–Trinajstić information content (AvgIpc) is 2.92. The van der Waals surface area contributed by atoms with Crippen LogP contribution in [-0.4, -0.2) is 36.5 Å². The minimum Gasteiger partial charge on any atom is -0.327 e. The number of carbonyl (C=O) groups is 1. The first-order chi connectivity index (χ1) is 10.1. The zero-order valence-corrected chi connectivity index (χ0v) is 12.8. The third kappa shape index (κ3) is 3.20. The standard InChI is InChI=1S/C14H19N5OS/c1-9-7-19(6-5-10(9)15)8-13(20)16-11-3-2-4-12-14(11)18-21-17-12/h2-4,9-10H,5-8,15H2,1H3,(H,16,20). The summed E-state index contributed by atoms with van der Waals surface area (Å²) >= 11 is 1.15. The molecule has 0 saturated carbocycles. The molecule has 21 heavy (non-hydrogen) atoms. The number of amides is 1. The molecule has 2 aliphatic rings. The molecule has 2 unspecified atom stereocenters. The van der Waals surface area contributed by atoms with E-state index in [2.05, 4.69) is 25.9 Å². The van der Waals surface area contributed by atoms with Gasteiger partial charge in [0, 0.05) is 19.1 Å². The number of anilines is 1. The molecule has 0 radical (unpaired) electrons. The van der Waals surface area contributed by atoms with Crippen molar-refractivity contribution in [2.24, 2.45) is 20.4 Å². The Morgan fingerprint density at radius 2 is 2.38 bits per heavy atom. The van der Waals surface area contributed by atoms with Crippen LogP contribution in [0.4, 0.5) is 17.1 Å². The largest absolute Gasteiger partial charge is 0.327 e. The van der Waals surface area contributed by atoms with Crippen LogP contribution in [0.1, 0.15) is 13.3 Å². The van der Waals surface area contributed by atoms with Crippen molar-refractivity contribution in [2.45, 2.75) is 19.4 Å². The predicted molar refractivity (Wildman–Crippen MR) is 84.8 cm³/mol. The molecule has 1 amide bonds. The zero-order valence-electron chi connectivity index (χ0n) is 12.0. The molecule has 1 aromatic rings. The van der Waals surface area contributed by atoms with Crippen molar-refractivity contribution in [2.75, 3.05) is 25.0 Å². The fourth-order valence-corrected chi connectivity index (χ4v) is 3.24. The van der Waals surface area contributed by atoms with Gasteiger partial charge in [0.2, 0.25) is 5.91 Å². The highest BCUT2D eigenvalue weighted by Gasteiger charge is 2.24. The number of likely N-dealkylation sites (tertiary alicyclic amines) is 1. The second-order valence-corrected chi connectivity index (χ2v) is 6.18. The van der Waals surface area contributed by atoms with Crippen molar-refractivity contribution in [3.8, 4) is 0 Å². The minimum absolute atomic E-state index is 0.0156. The molecule has 2 atom stereocenters. The van der Waals surface area contributed by atoms with Crippen molar-refractivity contribution in [3.05, 3.63) is 18.2 Å². The molecule has 1 aromatic carbocycles. The zero-order chi connectivity index (χ0) is 14.8. The number of nitrogens with two attached hydrogens (primary N) is 1. The third-order valence-electron chi connectivity index (χ3n) is 3.98. The summed E-state index contributed by atoms with van der Waals surface area (Å²) in [5.74, 6) is 0.413. The SMILES string of the molecule is CC1CN(CC(=O)Nc2cccc3c2N=S=N3)CCC1N. The number of rotatable bonds is 3. The van der Waals surface area contributed by atoms with Crippen LogP contribution in [-0.2, 0) is 16.1 Å². The molecular weight excluding hydrogens is 286 g/mol. The van der Waals surface area contributed by atoms with Gasteiger partial charge in [0.15, 0.2) is 0 Å². The fraction of sp³-hybridized carbons (Fsp3) is 0.500. The number of hydrogen-bond donors (Lipinski definition) is 2. The Labute approximate surface area is 127 Å². The van der Waals surface area contributed by atoms with Crippen LogP contribution in [0.15, 0.2) is 26.9 Å². The predicted octanol–water partition coefficient (Wildman–Crippen LogP) is 2.02. The van der Waals surface area contributed by atoms with Crippen LogP contribution >= 0.6 is 0 Å². The Morgan fingerprint density at radius 3 is 3.19 bits per heavy atom. The molecule has 2 aliphatic heterocycles. The number of nitrogens with zero attached hydrogens (tertiary/aromatic N) is 3. The summed E-state index contributed by atoms with van der Waals surface area (Å²) in [4.78, 5) is 14.4. The molecule has 0 spiro atoms. The topological polar surface area (TPSA) is 83.1 Å². The van der Waals surface area contributed by atoms with Gasteiger partial charge in [-0.3, -0.25) is 9.69 Å². The van der Waals surface area contributed by atoms with E-state index in [1.165, 1.54) is 0 Å². The summed E-state index contributed by atoms with van der Waals surface area (Å²) in [6.45, 7) is 4.28. The van der Waals surface area contributed by atoms with Crippen molar-refractivity contribution >= 4 is 34.3 Å². The van der Waals surface area contributed by atoms with Gasteiger partial charge in [-0.2, -0.15) is 8.73 Å². The van der Waals surface area contributed by atoms with Crippen LogP contribution in [0.2, 0.25) is 0 Å². The molecule has 7 heteroatoms. The van der Waals surface area contributed by atoms with Gasteiger partial charge in [-0.05, 0) is 24.5 Å². The summed E-state index contributed by atoms with van der Waals surface area (Å²) in [5.41, 5.74) is 8.30. The number of fused-ring (bicyclic) bond motifs is 1. The molecule has 1 fully saturated rings.